The fraction of sp³-hybridized carbons (Fsp3) is 0.600. The SMILES string of the molecule is CC1CC2(CC(C)O1)C[C@@H](N)c1ccc(Br)cc1O2. The number of fused-ring (bicyclic) bond motifs is 1. The molecule has 0 bridgehead atoms. The maximum absolute atomic E-state index is 6.36. The molecular weight excluding hydrogens is 306 g/mol. The number of rotatable bonds is 0. The first kappa shape index (κ1) is 13.4. The Morgan fingerprint density at radius 3 is 2.58 bits per heavy atom. The van der Waals surface area contributed by atoms with Gasteiger partial charge in [-0.15, -0.1) is 0 Å². The maximum atomic E-state index is 6.36. The second-order valence-corrected chi connectivity index (χ2v) is 6.86. The summed E-state index contributed by atoms with van der Waals surface area (Å²) in [6.07, 6.45) is 3.16. The van der Waals surface area contributed by atoms with Crippen molar-refractivity contribution in [1.29, 1.82) is 0 Å². The number of ether oxygens (including phenoxy) is 2. The fourth-order valence-electron chi connectivity index (χ4n) is 3.56. The van der Waals surface area contributed by atoms with Crippen LogP contribution in [0.3, 0.4) is 0 Å². The van der Waals surface area contributed by atoms with Gasteiger partial charge in [0.2, 0.25) is 0 Å². The third kappa shape index (κ3) is 2.54. The Labute approximate surface area is 122 Å². The predicted octanol–water partition coefficient (Wildman–Crippen LogP) is 3.56. The maximum Gasteiger partial charge on any atom is 0.126 e. The zero-order valence-corrected chi connectivity index (χ0v) is 12.9. The first-order valence-corrected chi connectivity index (χ1v) is 7.66. The molecule has 3 rings (SSSR count). The Bertz CT molecular complexity index is 481. The van der Waals surface area contributed by atoms with E-state index in [9.17, 15) is 0 Å². The minimum absolute atomic E-state index is 0.0503. The van der Waals surface area contributed by atoms with Gasteiger partial charge in [0, 0.05) is 35.3 Å². The molecule has 1 aromatic carbocycles. The normalized spacial score (nSPS) is 37.8. The summed E-state index contributed by atoms with van der Waals surface area (Å²) in [7, 11) is 0. The molecule has 2 N–H and O–H groups in total. The van der Waals surface area contributed by atoms with Gasteiger partial charge in [0.1, 0.15) is 11.4 Å². The number of halogens is 1. The van der Waals surface area contributed by atoms with Gasteiger partial charge in [-0.05, 0) is 26.0 Å². The molecule has 3 nitrogen and oxygen atoms in total. The highest BCUT2D eigenvalue weighted by molar-refractivity contribution is 9.10. The quantitative estimate of drug-likeness (QED) is 0.793. The van der Waals surface area contributed by atoms with E-state index in [1.54, 1.807) is 0 Å². The lowest BCUT2D eigenvalue weighted by atomic mass is 9.79. The van der Waals surface area contributed by atoms with Gasteiger partial charge in [-0.2, -0.15) is 0 Å². The highest BCUT2D eigenvalue weighted by Gasteiger charge is 2.45. The number of benzene rings is 1. The van der Waals surface area contributed by atoms with Crippen molar-refractivity contribution in [3.05, 3.63) is 28.2 Å². The first-order chi connectivity index (χ1) is 8.97. The highest BCUT2D eigenvalue weighted by atomic mass is 79.9. The first-order valence-electron chi connectivity index (χ1n) is 6.87. The monoisotopic (exact) mass is 325 g/mol. The molecule has 3 atom stereocenters. The molecule has 2 unspecified atom stereocenters. The summed E-state index contributed by atoms with van der Waals surface area (Å²) in [6.45, 7) is 4.23. The Morgan fingerprint density at radius 2 is 1.89 bits per heavy atom. The summed E-state index contributed by atoms with van der Waals surface area (Å²) in [5.74, 6) is 0.925. The molecule has 104 valence electrons. The van der Waals surface area contributed by atoms with Crippen LogP contribution in [0, 0.1) is 0 Å². The summed E-state index contributed by atoms with van der Waals surface area (Å²) in [5, 5.41) is 0. The Balaban J connectivity index is 1.95. The molecule has 0 radical (unpaired) electrons. The molecule has 0 aromatic heterocycles. The third-order valence-corrected chi connectivity index (χ3v) is 4.57. The smallest absolute Gasteiger partial charge is 0.126 e. The summed E-state index contributed by atoms with van der Waals surface area (Å²) in [6, 6.07) is 6.16. The van der Waals surface area contributed by atoms with Crippen molar-refractivity contribution >= 4 is 15.9 Å². The van der Waals surface area contributed by atoms with Gasteiger partial charge in [-0.25, -0.2) is 0 Å². The summed E-state index contributed by atoms with van der Waals surface area (Å²) in [4.78, 5) is 0. The van der Waals surface area contributed by atoms with Crippen LogP contribution in [-0.4, -0.2) is 17.8 Å². The van der Waals surface area contributed by atoms with E-state index in [0.29, 0.717) is 0 Å². The van der Waals surface area contributed by atoms with Crippen LogP contribution >= 0.6 is 15.9 Å². The van der Waals surface area contributed by atoms with E-state index in [1.807, 2.05) is 12.1 Å². The molecule has 2 heterocycles. The molecular formula is C15H20BrNO2. The van der Waals surface area contributed by atoms with Crippen molar-refractivity contribution < 1.29 is 9.47 Å². The van der Waals surface area contributed by atoms with Crippen LogP contribution in [-0.2, 0) is 4.74 Å². The van der Waals surface area contributed by atoms with E-state index >= 15 is 0 Å². The molecule has 0 saturated carbocycles. The van der Waals surface area contributed by atoms with E-state index < -0.39 is 0 Å². The standard InChI is InChI=1S/C15H20BrNO2/c1-9-6-15(7-10(2)18-9)8-13(17)12-4-3-11(16)5-14(12)19-15/h3-5,9-10,13H,6-8,17H2,1-2H3/t9?,10?,13-,15?/m1/s1. The average molecular weight is 326 g/mol. The van der Waals surface area contributed by atoms with Crippen LogP contribution < -0.4 is 10.5 Å². The zero-order valence-electron chi connectivity index (χ0n) is 11.4. The largest absolute Gasteiger partial charge is 0.487 e. The molecule has 2 aliphatic rings. The van der Waals surface area contributed by atoms with E-state index in [4.69, 9.17) is 15.2 Å². The van der Waals surface area contributed by atoms with E-state index in [-0.39, 0.29) is 23.9 Å². The van der Waals surface area contributed by atoms with E-state index in [2.05, 4.69) is 35.8 Å². The topological polar surface area (TPSA) is 44.5 Å². The van der Waals surface area contributed by atoms with Crippen molar-refractivity contribution in [2.24, 2.45) is 5.73 Å². The van der Waals surface area contributed by atoms with Gasteiger partial charge in [-0.1, -0.05) is 22.0 Å². The molecule has 4 heteroatoms. The van der Waals surface area contributed by atoms with Gasteiger partial charge < -0.3 is 15.2 Å². The van der Waals surface area contributed by atoms with Crippen LogP contribution in [0.1, 0.15) is 44.7 Å². The molecule has 1 spiro atoms. The van der Waals surface area contributed by atoms with Gasteiger partial charge >= 0.3 is 0 Å². The highest BCUT2D eigenvalue weighted by Crippen LogP contribution is 2.46. The predicted molar refractivity (Wildman–Crippen MR) is 78.3 cm³/mol. The number of nitrogens with two attached hydrogens (primary N) is 1. The van der Waals surface area contributed by atoms with Crippen molar-refractivity contribution in [3.63, 3.8) is 0 Å². The Kier molecular flexibility index (Phi) is 3.36. The van der Waals surface area contributed by atoms with Crippen LogP contribution in [0.25, 0.3) is 0 Å². The second kappa shape index (κ2) is 4.76. The molecule has 19 heavy (non-hydrogen) atoms. The van der Waals surface area contributed by atoms with Crippen molar-refractivity contribution in [2.75, 3.05) is 0 Å². The zero-order chi connectivity index (χ0) is 13.6. The second-order valence-electron chi connectivity index (χ2n) is 5.94. The number of hydrogen-bond donors (Lipinski definition) is 1. The molecule has 0 aliphatic carbocycles. The molecule has 1 aromatic rings. The van der Waals surface area contributed by atoms with Crippen molar-refractivity contribution in [2.45, 2.75) is 57.0 Å². The molecule has 1 fully saturated rings. The fourth-order valence-corrected chi connectivity index (χ4v) is 3.90. The van der Waals surface area contributed by atoms with Crippen molar-refractivity contribution in [1.82, 2.24) is 0 Å². The van der Waals surface area contributed by atoms with Crippen LogP contribution in [0.2, 0.25) is 0 Å². The lowest BCUT2D eigenvalue weighted by Crippen LogP contribution is -2.51. The van der Waals surface area contributed by atoms with E-state index in [1.165, 1.54) is 0 Å². The molecule has 2 aliphatic heterocycles. The van der Waals surface area contributed by atoms with Crippen LogP contribution in [0.4, 0.5) is 0 Å². The lowest BCUT2D eigenvalue weighted by Gasteiger charge is -2.47. The minimum Gasteiger partial charge on any atom is -0.487 e. The lowest BCUT2D eigenvalue weighted by molar-refractivity contribution is -0.129. The van der Waals surface area contributed by atoms with Crippen LogP contribution in [0.5, 0.6) is 5.75 Å². The van der Waals surface area contributed by atoms with Gasteiger partial charge in [0.25, 0.3) is 0 Å². The third-order valence-electron chi connectivity index (χ3n) is 4.08. The minimum atomic E-state index is -0.162. The molecule has 1 saturated heterocycles. The molecule has 0 amide bonds. The summed E-state index contributed by atoms with van der Waals surface area (Å²) < 4.78 is 13.2. The van der Waals surface area contributed by atoms with E-state index in [0.717, 1.165) is 35.0 Å². The Hall–Kier alpha value is -0.580. The van der Waals surface area contributed by atoms with Gasteiger partial charge in [0.15, 0.2) is 0 Å². The Morgan fingerprint density at radius 1 is 1.21 bits per heavy atom. The summed E-state index contributed by atoms with van der Waals surface area (Å²) >= 11 is 3.50. The summed E-state index contributed by atoms with van der Waals surface area (Å²) in [5.41, 5.74) is 7.31. The number of hydrogen-bond acceptors (Lipinski definition) is 3. The van der Waals surface area contributed by atoms with Crippen LogP contribution in [0.15, 0.2) is 22.7 Å². The van der Waals surface area contributed by atoms with Gasteiger partial charge in [-0.3, -0.25) is 0 Å². The van der Waals surface area contributed by atoms with Gasteiger partial charge in [0.05, 0.1) is 12.2 Å². The van der Waals surface area contributed by atoms with Crippen molar-refractivity contribution in [3.8, 4) is 5.75 Å². The average Bonchev–Trinajstić information content (AvgIpc) is 2.25.